The van der Waals surface area contributed by atoms with Crippen LogP contribution in [0, 0.1) is 5.92 Å². The van der Waals surface area contributed by atoms with Gasteiger partial charge in [0.1, 0.15) is 0 Å². The summed E-state index contributed by atoms with van der Waals surface area (Å²) >= 11 is 0. The topological polar surface area (TPSA) is 56.8 Å². The van der Waals surface area contributed by atoms with E-state index in [9.17, 15) is 4.79 Å². The number of carbonyl (C=O) groups is 1. The van der Waals surface area contributed by atoms with Gasteiger partial charge in [0.15, 0.2) is 5.78 Å². The predicted molar refractivity (Wildman–Crippen MR) is 101 cm³/mol. The van der Waals surface area contributed by atoms with Crippen LogP contribution < -0.4 is 10.8 Å². The minimum Gasteiger partial charge on any atom is -0.399 e. The summed E-state index contributed by atoms with van der Waals surface area (Å²) in [5, 5.41) is 3.54. The highest BCUT2D eigenvalue weighted by Crippen LogP contribution is 2.36. The summed E-state index contributed by atoms with van der Waals surface area (Å²) in [6.45, 7) is 9.60. The summed E-state index contributed by atoms with van der Waals surface area (Å²) in [6, 6.07) is 8.36. The smallest absolute Gasteiger partial charge is 0.399 e. The third-order valence-electron chi connectivity index (χ3n) is 6.34. The van der Waals surface area contributed by atoms with Gasteiger partial charge >= 0.3 is 7.12 Å². The van der Waals surface area contributed by atoms with Gasteiger partial charge in [0.2, 0.25) is 0 Å². The number of benzene rings is 1. The molecular weight excluding hydrogens is 329 g/mol. The number of morpholine rings is 1. The zero-order chi connectivity index (χ0) is 18.5. The Morgan fingerprint density at radius 3 is 2.08 bits per heavy atom. The number of ether oxygens (including phenoxy) is 1. The highest BCUT2D eigenvalue weighted by Gasteiger charge is 2.51. The average molecular weight is 357 g/mol. The van der Waals surface area contributed by atoms with Crippen molar-refractivity contribution in [2.45, 2.75) is 63.8 Å². The molecule has 0 aromatic heterocycles. The van der Waals surface area contributed by atoms with Crippen molar-refractivity contribution >= 4 is 18.4 Å². The van der Waals surface area contributed by atoms with Crippen molar-refractivity contribution in [3.05, 3.63) is 29.8 Å². The zero-order valence-corrected chi connectivity index (χ0v) is 16.1. The Hall–Kier alpha value is -1.21. The quantitative estimate of drug-likeness (QED) is 0.662. The summed E-state index contributed by atoms with van der Waals surface area (Å²) in [4.78, 5) is 12.9. The summed E-state index contributed by atoms with van der Waals surface area (Å²) in [6.07, 6.45) is 1.71. The maximum atomic E-state index is 12.9. The number of piperidine rings is 1. The minimum atomic E-state index is -0.389. The van der Waals surface area contributed by atoms with E-state index in [1.54, 1.807) is 0 Å². The van der Waals surface area contributed by atoms with Crippen LogP contribution in [0.4, 0.5) is 0 Å². The third kappa shape index (κ3) is 3.24. The van der Waals surface area contributed by atoms with E-state index in [0.29, 0.717) is 25.3 Å². The van der Waals surface area contributed by atoms with E-state index >= 15 is 0 Å². The molecule has 140 valence electrons. The number of ketones is 1. The van der Waals surface area contributed by atoms with Gasteiger partial charge in [0.05, 0.1) is 24.4 Å². The second kappa shape index (κ2) is 6.45. The molecule has 1 aromatic rings. The van der Waals surface area contributed by atoms with Crippen molar-refractivity contribution < 1.29 is 18.8 Å². The van der Waals surface area contributed by atoms with E-state index < -0.39 is 0 Å². The Labute approximate surface area is 155 Å². The van der Waals surface area contributed by atoms with Crippen LogP contribution in [0.2, 0.25) is 0 Å². The van der Waals surface area contributed by atoms with Crippen molar-refractivity contribution in [1.29, 1.82) is 0 Å². The van der Waals surface area contributed by atoms with E-state index in [0.717, 1.165) is 23.9 Å². The standard InChI is InChI=1S/C20H28BNO4/c1-19(2)20(3,4)26-21(25-19)15-7-5-13(6-8-15)18(23)14-9-16-11-24-12-17(10-14)22-16/h5-8,14,16-17,22H,9-12H2,1-4H3. The molecule has 1 N–H and O–H groups in total. The molecule has 5 nitrogen and oxygen atoms in total. The van der Waals surface area contributed by atoms with Gasteiger partial charge in [0, 0.05) is 23.6 Å². The lowest BCUT2D eigenvalue weighted by Gasteiger charge is -2.39. The number of Topliss-reactive ketones (excluding diaryl/α,β-unsaturated/α-hetero) is 1. The van der Waals surface area contributed by atoms with Crippen molar-refractivity contribution in [3.8, 4) is 0 Å². The molecule has 0 radical (unpaired) electrons. The highest BCUT2D eigenvalue weighted by molar-refractivity contribution is 6.62. The fourth-order valence-corrected chi connectivity index (χ4v) is 4.07. The lowest BCUT2D eigenvalue weighted by molar-refractivity contribution is 0.00578. The van der Waals surface area contributed by atoms with Crippen LogP contribution in [0.3, 0.4) is 0 Å². The van der Waals surface area contributed by atoms with Crippen LogP contribution in [0.25, 0.3) is 0 Å². The summed E-state index contributed by atoms with van der Waals surface area (Å²) in [5.74, 6) is 0.321. The van der Waals surface area contributed by atoms with E-state index in [4.69, 9.17) is 14.0 Å². The highest BCUT2D eigenvalue weighted by atomic mass is 16.7. The van der Waals surface area contributed by atoms with Crippen molar-refractivity contribution in [2.24, 2.45) is 5.92 Å². The lowest BCUT2D eigenvalue weighted by Crippen LogP contribution is -2.55. The van der Waals surface area contributed by atoms with Gasteiger partial charge in [0.25, 0.3) is 0 Å². The first-order valence-corrected chi connectivity index (χ1v) is 9.59. The Balaban J connectivity index is 1.46. The monoisotopic (exact) mass is 357 g/mol. The molecule has 26 heavy (non-hydrogen) atoms. The van der Waals surface area contributed by atoms with E-state index in [2.05, 4.69) is 5.32 Å². The average Bonchev–Trinajstić information content (AvgIpc) is 2.82. The van der Waals surface area contributed by atoms with E-state index in [1.807, 2.05) is 52.0 Å². The number of rotatable bonds is 3. The van der Waals surface area contributed by atoms with Gasteiger partial charge in [-0.15, -0.1) is 0 Å². The SMILES string of the molecule is CC1(C)OB(c2ccc(C(=O)C3CC4COCC(C3)N4)cc2)OC1(C)C. The molecule has 3 aliphatic heterocycles. The maximum absolute atomic E-state index is 12.9. The summed E-state index contributed by atoms with van der Waals surface area (Å²) in [7, 11) is -0.389. The molecule has 2 atom stereocenters. The molecule has 6 heteroatoms. The van der Waals surface area contributed by atoms with Gasteiger partial charge in [-0.2, -0.15) is 0 Å². The maximum Gasteiger partial charge on any atom is 0.494 e. The van der Waals surface area contributed by atoms with Crippen LogP contribution in [0.15, 0.2) is 24.3 Å². The summed E-state index contributed by atoms with van der Waals surface area (Å²) in [5.41, 5.74) is 1.01. The molecule has 0 aliphatic carbocycles. The molecule has 3 saturated heterocycles. The number of nitrogens with one attached hydrogen (secondary N) is 1. The van der Waals surface area contributed by atoms with Crippen molar-refractivity contribution in [2.75, 3.05) is 13.2 Å². The molecule has 0 saturated carbocycles. The fourth-order valence-electron chi connectivity index (χ4n) is 4.07. The largest absolute Gasteiger partial charge is 0.494 e. The fraction of sp³-hybridized carbons (Fsp3) is 0.650. The normalized spacial score (nSPS) is 32.5. The molecule has 3 aliphatic rings. The minimum absolute atomic E-state index is 0.0813. The Morgan fingerprint density at radius 2 is 1.54 bits per heavy atom. The molecular formula is C20H28BNO4. The first-order chi connectivity index (χ1) is 12.2. The second-order valence-corrected chi connectivity index (χ2v) is 8.84. The van der Waals surface area contributed by atoms with Crippen LogP contribution in [-0.2, 0) is 14.0 Å². The first-order valence-electron chi connectivity index (χ1n) is 9.59. The summed E-state index contributed by atoms with van der Waals surface area (Å²) < 4.78 is 17.8. The second-order valence-electron chi connectivity index (χ2n) is 8.84. The number of hydrogen-bond donors (Lipinski definition) is 1. The number of fused-ring (bicyclic) bond motifs is 2. The molecule has 2 unspecified atom stereocenters. The van der Waals surface area contributed by atoms with Gasteiger partial charge in [-0.3, -0.25) is 4.79 Å². The molecule has 0 spiro atoms. The molecule has 2 bridgehead atoms. The molecule has 3 heterocycles. The van der Waals surface area contributed by atoms with Crippen LogP contribution >= 0.6 is 0 Å². The van der Waals surface area contributed by atoms with Crippen LogP contribution in [0.1, 0.15) is 50.9 Å². The molecule has 1 aromatic carbocycles. The lowest BCUT2D eigenvalue weighted by atomic mass is 9.77. The Bertz CT molecular complexity index is 660. The van der Waals surface area contributed by atoms with Gasteiger partial charge in [-0.25, -0.2) is 0 Å². The van der Waals surface area contributed by atoms with Gasteiger partial charge < -0.3 is 19.4 Å². The van der Waals surface area contributed by atoms with Crippen LogP contribution in [-0.4, -0.2) is 49.4 Å². The Kier molecular flexibility index (Phi) is 4.51. The predicted octanol–water partition coefficient (Wildman–Crippen LogP) is 1.94. The van der Waals surface area contributed by atoms with Gasteiger partial charge in [-0.1, -0.05) is 24.3 Å². The molecule has 4 rings (SSSR count). The van der Waals surface area contributed by atoms with E-state index in [-0.39, 0.29) is 30.0 Å². The molecule has 0 amide bonds. The third-order valence-corrected chi connectivity index (χ3v) is 6.34. The number of carbonyl (C=O) groups excluding carboxylic acids is 1. The zero-order valence-electron chi connectivity index (χ0n) is 16.1. The van der Waals surface area contributed by atoms with Crippen molar-refractivity contribution in [3.63, 3.8) is 0 Å². The first kappa shape index (κ1) is 18.2. The number of hydrogen-bond acceptors (Lipinski definition) is 5. The van der Waals surface area contributed by atoms with Gasteiger partial charge in [-0.05, 0) is 46.0 Å². The molecule has 3 fully saturated rings. The van der Waals surface area contributed by atoms with Crippen LogP contribution in [0.5, 0.6) is 0 Å². The Morgan fingerprint density at radius 1 is 1.00 bits per heavy atom. The van der Waals surface area contributed by atoms with E-state index in [1.165, 1.54) is 0 Å². The van der Waals surface area contributed by atoms with Crippen molar-refractivity contribution in [1.82, 2.24) is 5.32 Å².